The van der Waals surface area contributed by atoms with Gasteiger partial charge in [0.1, 0.15) is 0 Å². The molecule has 2 heteroatoms. The second-order valence-electron chi connectivity index (χ2n) is 3.42. The van der Waals surface area contributed by atoms with Crippen LogP contribution in [0.1, 0.15) is 23.6 Å². The van der Waals surface area contributed by atoms with Crippen LogP contribution >= 0.6 is 0 Å². The molecule has 0 aliphatic heterocycles. The molecule has 0 aliphatic rings. The molecule has 14 heavy (non-hydrogen) atoms. The van der Waals surface area contributed by atoms with Gasteiger partial charge in [0.05, 0.1) is 5.97 Å². The monoisotopic (exact) mass is 189 g/mol. The van der Waals surface area contributed by atoms with Gasteiger partial charge in [-0.15, -0.1) is 0 Å². The Bertz CT molecular complexity index is 369. The van der Waals surface area contributed by atoms with Gasteiger partial charge in [-0.2, -0.15) is 0 Å². The molecular formula is C12H13O2-. The third-order valence-electron chi connectivity index (χ3n) is 2.22. The maximum atomic E-state index is 10.5. The summed E-state index contributed by atoms with van der Waals surface area (Å²) in [5, 5.41) is 10.5. The molecule has 1 aromatic carbocycles. The van der Waals surface area contributed by atoms with Crippen LogP contribution in [0.15, 0.2) is 23.8 Å². The zero-order chi connectivity index (χ0) is 10.7. The molecule has 0 spiro atoms. The van der Waals surface area contributed by atoms with Crippen LogP contribution in [0.2, 0.25) is 0 Å². The van der Waals surface area contributed by atoms with E-state index in [0.29, 0.717) is 0 Å². The Morgan fingerprint density at radius 1 is 1.29 bits per heavy atom. The van der Waals surface area contributed by atoms with Crippen LogP contribution in [0.25, 0.3) is 6.08 Å². The van der Waals surface area contributed by atoms with Gasteiger partial charge in [0.25, 0.3) is 0 Å². The van der Waals surface area contributed by atoms with Crippen molar-refractivity contribution >= 4 is 12.0 Å². The van der Waals surface area contributed by atoms with E-state index in [4.69, 9.17) is 0 Å². The fraction of sp³-hybridized carbons (Fsp3) is 0.250. The first-order chi connectivity index (χ1) is 6.52. The topological polar surface area (TPSA) is 40.1 Å². The predicted octanol–water partition coefficient (Wildman–Crippen LogP) is 1.46. The minimum absolute atomic E-state index is 0.252. The van der Waals surface area contributed by atoms with Crippen LogP contribution in [0.3, 0.4) is 0 Å². The molecule has 0 saturated heterocycles. The van der Waals surface area contributed by atoms with Crippen molar-refractivity contribution in [3.63, 3.8) is 0 Å². The Morgan fingerprint density at radius 2 is 1.79 bits per heavy atom. The number of carbonyl (C=O) groups excluding carboxylic acids is 1. The molecule has 74 valence electrons. The highest BCUT2D eigenvalue weighted by atomic mass is 16.4. The number of aliphatic carboxylic acids is 1. The first-order valence-electron chi connectivity index (χ1n) is 4.48. The lowest BCUT2D eigenvalue weighted by atomic mass is 10.0. The highest BCUT2D eigenvalue weighted by Crippen LogP contribution is 2.16. The lowest BCUT2D eigenvalue weighted by Gasteiger charge is -2.07. The van der Waals surface area contributed by atoms with Crippen molar-refractivity contribution in [2.75, 3.05) is 0 Å². The summed E-state index contributed by atoms with van der Waals surface area (Å²) in [6.07, 6.45) is 1.65. The number of carboxylic acids is 1. The number of carboxylic acid groups (broad SMARTS) is 1. The second-order valence-corrected chi connectivity index (χ2v) is 3.42. The van der Waals surface area contributed by atoms with Crippen molar-refractivity contribution in [3.05, 3.63) is 40.5 Å². The van der Waals surface area contributed by atoms with E-state index in [2.05, 4.69) is 0 Å². The molecule has 0 atom stereocenters. The van der Waals surface area contributed by atoms with Crippen LogP contribution in [-0.2, 0) is 4.79 Å². The Balaban J connectivity index is 3.20. The number of hydrogen-bond acceptors (Lipinski definition) is 2. The van der Waals surface area contributed by atoms with E-state index in [-0.39, 0.29) is 5.57 Å². The molecule has 1 rings (SSSR count). The number of aryl methyl sites for hydroxylation is 2. The van der Waals surface area contributed by atoms with Crippen LogP contribution in [0, 0.1) is 13.8 Å². The van der Waals surface area contributed by atoms with Gasteiger partial charge in [0.15, 0.2) is 0 Å². The third kappa shape index (κ3) is 2.22. The molecule has 0 radical (unpaired) electrons. The lowest BCUT2D eigenvalue weighted by Crippen LogP contribution is -2.22. The van der Waals surface area contributed by atoms with Gasteiger partial charge in [-0.25, -0.2) is 0 Å². The standard InChI is InChI=1S/C12H14O2/c1-8-5-4-6-9(2)11(8)7-10(3)12(13)14/h4-7H,1-3H3,(H,13,14)/p-1/b10-7+. The van der Waals surface area contributed by atoms with Crippen molar-refractivity contribution in [3.8, 4) is 0 Å². The van der Waals surface area contributed by atoms with E-state index in [0.717, 1.165) is 16.7 Å². The lowest BCUT2D eigenvalue weighted by molar-refractivity contribution is -0.299. The zero-order valence-electron chi connectivity index (χ0n) is 8.63. The average molecular weight is 189 g/mol. The van der Waals surface area contributed by atoms with Gasteiger partial charge < -0.3 is 9.90 Å². The molecule has 0 saturated carbocycles. The second kappa shape index (κ2) is 4.09. The zero-order valence-corrected chi connectivity index (χ0v) is 8.63. The summed E-state index contributed by atoms with van der Waals surface area (Å²) in [6, 6.07) is 5.87. The van der Waals surface area contributed by atoms with E-state index in [9.17, 15) is 9.90 Å². The summed E-state index contributed by atoms with van der Waals surface area (Å²) in [5.41, 5.74) is 3.37. The average Bonchev–Trinajstić information content (AvgIpc) is 2.11. The normalized spacial score (nSPS) is 11.5. The fourth-order valence-electron chi connectivity index (χ4n) is 1.33. The van der Waals surface area contributed by atoms with E-state index >= 15 is 0 Å². The van der Waals surface area contributed by atoms with Crippen LogP contribution in [0.5, 0.6) is 0 Å². The summed E-state index contributed by atoms with van der Waals surface area (Å²) < 4.78 is 0. The maximum Gasteiger partial charge on any atom is 0.0672 e. The molecule has 0 unspecified atom stereocenters. The minimum atomic E-state index is -1.12. The summed E-state index contributed by atoms with van der Waals surface area (Å²) in [6.45, 7) is 5.46. The van der Waals surface area contributed by atoms with E-state index < -0.39 is 5.97 Å². The Kier molecular flexibility index (Phi) is 3.07. The summed E-state index contributed by atoms with van der Waals surface area (Å²) in [5.74, 6) is -1.12. The van der Waals surface area contributed by atoms with Crippen LogP contribution in [0.4, 0.5) is 0 Å². The molecule has 0 N–H and O–H groups in total. The molecule has 0 bridgehead atoms. The molecule has 0 heterocycles. The van der Waals surface area contributed by atoms with E-state index in [1.54, 1.807) is 13.0 Å². The summed E-state index contributed by atoms with van der Waals surface area (Å²) in [7, 11) is 0. The predicted molar refractivity (Wildman–Crippen MR) is 54.6 cm³/mol. The van der Waals surface area contributed by atoms with Crippen molar-refractivity contribution in [2.24, 2.45) is 0 Å². The SMILES string of the molecule is C/C(=C\c1c(C)cccc1C)C(=O)[O-]. The highest BCUT2D eigenvalue weighted by Gasteiger charge is 1.99. The largest absolute Gasteiger partial charge is 0.545 e. The number of hydrogen-bond donors (Lipinski definition) is 0. The van der Waals surface area contributed by atoms with Gasteiger partial charge in [-0.1, -0.05) is 18.2 Å². The smallest absolute Gasteiger partial charge is 0.0672 e. The molecule has 0 amide bonds. The molecule has 2 nitrogen and oxygen atoms in total. The maximum absolute atomic E-state index is 10.5. The summed E-state index contributed by atoms with van der Waals surface area (Å²) in [4.78, 5) is 10.5. The number of rotatable bonds is 2. The van der Waals surface area contributed by atoms with Crippen molar-refractivity contribution < 1.29 is 9.90 Å². The Labute approximate surface area is 83.9 Å². The van der Waals surface area contributed by atoms with Gasteiger partial charge in [0, 0.05) is 0 Å². The van der Waals surface area contributed by atoms with Gasteiger partial charge in [-0.05, 0) is 49.1 Å². The fourth-order valence-corrected chi connectivity index (χ4v) is 1.33. The highest BCUT2D eigenvalue weighted by molar-refractivity contribution is 5.90. The Hall–Kier alpha value is -1.57. The van der Waals surface area contributed by atoms with Crippen LogP contribution in [-0.4, -0.2) is 5.97 Å². The van der Waals surface area contributed by atoms with Gasteiger partial charge in [-0.3, -0.25) is 0 Å². The van der Waals surface area contributed by atoms with Crippen LogP contribution < -0.4 is 5.11 Å². The van der Waals surface area contributed by atoms with E-state index in [1.165, 1.54) is 0 Å². The van der Waals surface area contributed by atoms with Gasteiger partial charge in [0.2, 0.25) is 0 Å². The van der Waals surface area contributed by atoms with Gasteiger partial charge >= 0.3 is 0 Å². The minimum Gasteiger partial charge on any atom is -0.545 e. The first kappa shape index (κ1) is 10.5. The van der Waals surface area contributed by atoms with Crippen molar-refractivity contribution in [1.29, 1.82) is 0 Å². The van der Waals surface area contributed by atoms with Crippen molar-refractivity contribution in [1.82, 2.24) is 0 Å². The molecule has 0 fully saturated rings. The quantitative estimate of drug-likeness (QED) is 0.661. The van der Waals surface area contributed by atoms with Crippen molar-refractivity contribution in [2.45, 2.75) is 20.8 Å². The third-order valence-corrected chi connectivity index (χ3v) is 2.22. The first-order valence-corrected chi connectivity index (χ1v) is 4.48. The molecule has 0 aliphatic carbocycles. The molecular weight excluding hydrogens is 176 g/mol. The summed E-state index contributed by atoms with van der Waals surface area (Å²) >= 11 is 0. The molecule has 0 aromatic heterocycles. The molecule has 1 aromatic rings. The number of carbonyl (C=O) groups is 1. The Morgan fingerprint density at radius 3 is 2.21 bits per heavy atom. The van der Waals surface area contributed by atoms with E-state index in [1.807, 2.05) is 32.0 Å². The number of benzene rings is 1.